The first-order valence-corrected chi connectivity index (χ1v) is 11.8. The lowest BCUT2D eigenvalue weighted by Gasteiger charge is -2.29. The summed E-state index contributed by atoms with van der Waals surface area (Å²) in [6.07, 6.45) is 0.607. The molecule has 0 aliphatic heterocycles. The summed E-state index contributed by atoms with van der Waals surface area (Å²) < 4.78 is 0. The molecule has 11 heteroatoms. The summed E-state index contributed by atoms with van der Waals surface area (Å²) in [4.78, 5) is 37.6. The number of carboxylic acids is 1. The lowest BCUT2D eigenvalue weighted by atomic mass is 10.1. The average molecular weight is 522 g/mol. The number of hydrogen-bond donors (Lipinski definition) is 5. The molecule has 188 valence electrons. The molecular weight excluding hydrogens is 493 g/mol. The zero-order valence-corrected chi connectivity index (χ0v) is 20.6. The first kappa shape index (κ1) is 28.1. The topological polar surface area (TPSA) is 149 Å². The summed E-state index contributed by atoms with van der Waals surface area (Å²) in [6, 6.07) is 13.0. The number of Topliss-reactive ketones (excluding diaryl/α,β-unsaturated/α-hetero) is 1. The van der Waals surface area contributed by atoms with Gasteiger partial charge in [-0.15, -0.1) is 0 Å². The molecule has 1 amide bonds. The number of nitrogens with zero attached hydrogens (tertiary/aromatic N) is 1. The van der Waals surface area contributed by atoms with Gasteiger partial charge in [-0.05, 0) is 48.6 Å². The minimum atomic E-state index is -1.24. The number of rotatable bonds is 14. The van der Waals surface area contributed by atoms with Crippen LogP contribution in [0.4, 0.5) is 0 Å². The van der Waals surface area contributed by atoms with Crippen LogP contribution in [0, 0.1) is 5.41 Å². The predicted octanol–water partition coefficient (Wildman–Crippen LogP) is 3.14. The molecule has 0 radical (unpaired) electrons. The zero-order chi connectivity index (χ0) is 25.8. The summed E-state index contributed by atoms with van der Waals surface area (Å²) in [5.41, 5.74) is 9.72. The van der Waals surface area contributed by atoms with Crippen LogP contribution in [0.15, 0.2) is 48.5 Å². The molecular formula is C24H29Cl2N5O4. The summed E-state index contributed by atoms with van der Waals surface area (Å²) >= 11 is 12.1. The smallest absolute Gasteiger partial charge is 0.328 e. The van der Waals surface area contributed by atoms with Crippen molar-refractivity contribution in [1.82, 2.24) is 15.8 Å². The maximum absolute atomic E-state index is 13.1. The van der Waals surface area contributed by atoms with E-state index in [0.717, 1.165) is 10.6 Å². The first-order chi connectivity index (χ1) is 16.7. The monoisotopic (exact) mass is 521 g/mol. The molecule has 9 nitrogen and oxygen atoms in total. The SMILES string of the molecule is N=C(N)NCCC[C@@H](C(=O)O)N(NCc1cc(Cl)cc(Cl)c1)C(=O)CC(=O)CCc1ccccc1. The molecule has 0 saturated carbocycles. The standard InChI is InChI=1S/C24H29Cl2N5O4/c25-18-11-17(12-19(26)13-18)15-30-31(21(23(34)35)7-4-10-29-24(27)28)22(33)14-20(32)9-8-16-5-2-1-3-6-16/h1-3,5-6,11-13,21,30H,4,7-10,14-15H2,(H,34,35)(H4,27,28,29)/t21-/m0/s1. The van der Waals surface area contributed by atoms with Gasteiger partial charge >= 0.3 is 5.97 Å². The maximum Gasteiger partial charge on any atom is 0.328 e. The van der Waals surface area contributed by atoms with Crippen molar-refractivity contribution in [3.8, 4) is 0 Å². The molecule has 1 atom stereocenters. The third kappa shape index (κ3) is 10.3. The number of carbonyl (C=O) groups is 3. The van der Waals surface area contributed by atoms with Crippen molar-refractivity contribution in [3.05, 3.63) is 69.7 Å². The summed E-state index contributed by atoms with van der Waals surface area (Å²) in [7, 11) is 0. The molecule has 2 aromatic rings. The van der Waals surface area contributed by atoms with Crippen LogP contribution in [0.25, 0.3) is 0 Å². The number of carboxylic acid groups (broad SMARTS) is 1. The van der Waals surface area contributed by atoms with E-state index in [9.17, 15) is 19.5 Å². The Morgan fingerprint density at radius 3 is 2.31 bits per heavy atom. The van der Waals surface area contributed by atoms with Gasteiger partial charge in [0.2, 0.25) is 5.91 Å². The van der Waals surface area contributed by atoms with Crippen molar-refractivity contribution < 1.29 is 19.5 Å². The fraction of sp³-hybridized carbons (Fsp3) is 0.333. The van der Waals surface area contributed by atoms with Gasteiger partial charge in [0.05, 0.1) is 6.42 Å². The molecule has 0 heterocycles. The van der Waals surface area contributed by atoms with E-state index in [4.69, 9.17) is 34.3 Å². The third-order valence-corrected chi connectivity index (χ3v) is 5.53. The number of carbonyl (C=O) groups excluding carboxylic acids is 2. The number of aryl methyl sites for hydroxylation is 1. The van der Waals surface area contributed by atoms with E-state index in [-0.39, 0.29) is 37.7 Å². The van der Waals surface area contributed by atoms with Crippen molar-refractivity contribution in [2.24, 2.45) is 5.73 Å². The normalized spacial score (nSPS) is 11.5. The van der Waals surface area contributed by atoms with Gasteiger partial charge in [-0.25, -0.2) is 10.2 Å². The van der Waals surface area contributed by atoms with E-state index in [1.165, 1.54) is 0 Å². The maximum atomic E-state index is 13.1. The Morgan fingerprint density at radius 2 is 1.71 bits per heavy atom. The second-order valence-corrected chi connectivity index (χ2v) is 8.79. The Hall–Kier alpha value is -3.14. The van der Waals surface area contributed by atoms with Gasteiger partial charge in [0.15, 0.2) is 5.96 Å². The van der Waals surface area contributed by atoms with Crippen LogP contribution in [-0.2, 0) is 27.3 Å². The molecule has 0 unspecified atom stereocenters. The van der Waals surface area contributed by atoms with Gasteiger partial charge in [0, 0.05) is 29.6 Å². The molecule has 0 fully saturated rings. The lowest BCUT2D eigenvalue weighted by Crippen LogP contribution is -2.53. The molecule has 2 rings (SSSR count). The molecule has 2 aromatic carbocycles. The van der Waals surface area contributed by atoms with Crippen LogP contribution >= 0.6 is 23.2 Å². The van der Waals surface area contributed by atoms with Crippen molar-refractivity contribution in [2.45, 2.75) is 44.7 Å². The number of benzene rings is 2. The van der Waals surface area contributed by atoms with E-state index in [1.54, 1.807) is 18.2 Å². The highest BCUT2D eigenvalue weighted by Crippen LogP contribution is 2.19. The van der Waals surface area contributed by atoms with Crippen molar-refractivity contribution in [3.63, 3.8) is 0 Å². The minimum absolute atomic E-state index is 0.0691. The summed E-state index contributed by atoms with van der Waals surface area (Å²) in [6.45, 7) is 0.334. The fourth-order valence-electron chi connectivity index (χ4n) is 3.41. The third-order valence-electron chi connectivity index (χ3n) is 5.09. The first-order valence-electron chi connectivity index (χ1n) is 11.0. The van der Waals surface area contributed by atoms with Gasteiger partial charge in [0.25, 0.3) is 0 Å². The van der Waals surface area contributed by atoms with Crippen molar-refractivity contribution in [1.29, 1.82) is 5.41 Å². The van der Waals surface area contributed by atoms with Gasteiger partial charge in [-0.3, -0.25) is 20.0 Å². The average Bonchev–Trinajstić information content (AvgIpc) is 2.78. The van der Waals surface area contributed by atoms with E-state index >= 15 is 0 Å². The summed E-state index contributed by atoms with van der Waals surface area (Å²) in [5.74, 6) is -2.40. The molecule has 0 bridgehead atoms. The zero-order valence-electron chi connectivity index (χ0n) is 19.1. The number of nitrogens with two attached hydrogens (primary N) is 1. The highest BCUT2D eigenvalue weighted by atomic mass is 35.5. The Labute approximate surface area is 214 Å². The molecule has 35 heavy (non-hydrogen) atoms. The number of guanidine groups is 1. The van der Waals surface area contributed by atoms with Crippen LogP contribution in [0.1, 0.15) is 36.8 Å². The van der Waals surface area contributed by atoms with Crippen molar-refractivity contribution in [2.75, 3.05) is 6.54 Å². The minimum Gasteiger partial charge on any atom is -0.480 e. The Kier molecular flexibility index (Phi) is 11.5. The molecule has 0 spiro atoms. The molecule has 0 aliphatic rings. The number of halogens is 2. The Balaban J connectivity index is 2.10. The fourth-order valence-corrected chi connectivity index (χ4v) is 3.99. The van der Waals surface area contributed by atoms with Gasteiger partial charge in [-0.2, -0.15) is 0 Å². The van der Waals surface area contributed by atoms with Crippen LogP contribution in [-0.4, -0.2) is 46.3 Å². The number of aliphatic carboxylic acids is 1. The molecule has 0 aromatic heterocycles. The van der Waals surface area contributed by atoms with Crippen LogP contribution in [0.3, 0.4) is 0 Å². The molecule has 0 saturated heterocycles. The number of hydrazine groups is 1. The highest BCUT2D eigenvalue weighted by molar-refractivity contribution is 6.34. The Bertz CT molecular complexity index is 1020. The van der Waals surface area contributed by atoms with E-state index in [1.807, 2.05) is 30.3 Å². The van der Waals surface area contributed by atoms with Crippen LogP contribution in [0.5, 0.6) is 0 Å². The number of hydrogen-bond acceptors (Lipinski definition) is 5. The second kappa shape index (κ2) is 14.3. The van der Waals surface area contributed by atoms with Crippen molar-refractivity contribution >= 4 is 46.8 Å². The lowest BCUT2D eigenvalue weighted by molar-refractivity contribution is -0.155. The van der Waals surface area contributed by atoms with Gasteiger partial charge < -0.3 is 16.2 Å². The molecule has 0 aliphatic carbocycles. The van der Waals surface area contributed by atoms with Crippen LogP contribution < -0.4 is 16.5 Å². The number of nitrogens with one attached hydrogen (secondary N) is 3. The predicted molar refractivity (Wildman–Crippen MR) is 135 cm³/mol. The largest absolute Gasteiger partial charge is 0.480 e. The number of ketones is 1. The highest BCUT2D eigenvalue weighted by Gasteiger charge is 2.30. The quantitative estimate of drug-likeness (QED) is 0.0842. The second-order valence-electron chi connectivity index (χ2n) is 7.91. The molecule has 6 N–H and O–H groups in total. The van der Waals surface area contributed by atoms with Gasteiger partial charge in [-0.1, -0.05) is 53.5 Å². The van der Waals surface area contributed by atoms with E-state index in [0.29, 0.717) is 28.5 Å². The van der Waals surface area contributed by atoms with E-state index in [2.05, 4.69) is 10.7 Å². The Morgan fingerprint density at radius 1 is 1.06 bits per heavy atom. The van der Waals surface area contributed by atoms with Gasteiger partial charge in [0.1, 0.15) is 11.8 Å². The summed E-state index contributed by atoms with van der Waals surface area (Å²) in [5, 5.41) is 21.4. The van der Waals surface area contributed by atoms with E-state index < -0.39 is 24.3 Å². The van der Waals surface area contributed by atoms with Crippen LogP contribution in [0.2, 0.25) is 10.0 Å². The number of amides is 1.